The zero-order valence-corrected chi connectivity index (χ0v) is 7.44. The van der Waals surface area contributed by atoms with E-state index in [1.54, 1.807) is 0 Å². The van der Waals surface area contributed by atoms with Crippen molar-refractivity contribution in [3.05, 3.63) is 0 Å². The third-order valence-electron chi connectivity index (χ3n) is 1.13. The molecule has 0 aliphatic heterocycles. The van der Waals surface area contributed by atoms with Crippen molar-refractivity contribution in [1.29, 1.82) is 0 Å². The van der Waals surface area contributed by atoms with E-state index in [0.29, 0.717) is 5.92 Å². The van der Waals surface area contributed by atoms with Crippen molar-refractivity contribution < 1.29 is 8.76 Å². The van der Waals surface area contributed by atoms with Gasteiger partial charge >= 0.3 is 0 Å². The first-order valence-corrected chi connectivity index (χ1v) is 4.50. The number of hydrogen-bond donors (Lipinski definition) is 2. The van der Waals surface area contributed by atoms with E-state index in [4.69, 9.17) is 4.55 Å². The van der Waals surface area contributed by atoms with Gasteiger partial charge in [0.05, 0.1) is 0 Å². The highest BCUT2D eigenvalue weighted by Crippen LogP contribution is 2.03. The van der Waals surface area contributed by atoms with Crippen molar-refractivity contribution in [3.8, 4) is 0 Å². The van der Waals surface area contributed by atoms with Crippen molar-refractivity contribution in [1.82, 2.24) is 4.72 Å². The van der Waals surface area contributed by atoms with Gasteiger partial charge in [0.1, 0.15) is 0 Å². The van der Waals surface area contributed by atoms with Gasteiger partial charge in [0.2, 0.25) is 11.3 Å². The Morgan fingerprint density at radius 3 is 2.30 bits per heavy atom. The van der Waals surface area contributed by atoms with E-state index < -0.39 is 11.3 Å². The van der Waals surface area contributed by atoms with Gasteiger partial charge in [0.25, 0.3) is 0 Å². The number of nitrogens with one attached hydrogen (secondary N) is 1. The molecule has 0 rings (SSSR count). The highest BCUT2D eigenvalue weighted by atomic mass is 32.2. The summed E-state index contributed by atoms with van der Waals surface area (Å²) in [5, 5.41) is 0. The maximum atomic E-state index is 10.2. The van der Waals surface area contributed by atoms with Gasteiger partial charge in [0, 0.05) is 6.04 Å². The predicted molar refractivity (Wildman–Crippen MR) is 42.8 cm³/mol. The van der Waals surface area contributed by atoms with E-state index >= 15 is 0 Å². The molecule has 3 nitrogen and oxygen atoms in total. The van der Waals surface area contributed by atoms with Crippen molar-refractivity contribution in [2.45, 2.75) is 33.2 Å². The van der Waals surface area contributed by atoms with Crippen LogP contribution in [0.4, 0.5) is 0 Å². The van der Waals surface area contributed by atoms with E-state index in [0.717, 1.165) is 6.42 Å². The lowest BCUT2D eigenvalue weighted by molar-refractivity contribution is 0.473. The summed E-state index contributed by atoms with van der Waals surface area (Å²) in [7, 11) is 0. The first-order chi connectivity index (χ1) is 4.52. The van der Waals surface area contributed by atoms with Crippen LogP contribution in [-0.2, 0) is 11.3 Å². The molecule has 0 aromatic heterocycles. The summed E-state index contributed by atoms with van der Waals surface area (Å²) in [5.74, 6) is 0.561. The van der Waals surface area contributed by atoms with Crippen molar-refractivity contribution >= 4 is 11.3 Å². The van der Waals surface area contributed by atoms with Crippen LogP contribution < -0.4 is 4.72 Å². The zero-order valence-electron chi connectivity index (χ0n) is 6.63. The molecule has 62 valence electrons. The molecule has 0 aromatic rings. The van der Waals surface area contributed by atoms with Crippen molar-refractivity contribution in [3.63, 3.8) is 0 Å². The normalized spacial score (nSPS) is 17.3. The number of hydrogen-bond acceptors (Lipinski definition) is 1. The standard InChI is InChI=1S/C6H15NO2S/c1-5(2)4-6(3)7-10(8)9/h5-7H,4H2,1-3H3,(H,8,9). The van der Waals surface area contributed by atoms with Gasteiger partial charge in [-0.2, -0.15) is 0 Å². The van der Waals surface area contributed by atoms with Crippen LogP contribution in [0.2, 0.25) is 0 Å². The topological polar surface area (TPSA) is 49.3 Å². The first-order valence-electron chi connectivity index (χ1n) is 3.39. The molecule has 10 heavy (non-hydrogen) atoms. The molecule has 0 saturated heterocycles. The molecule has 0 fully saturated rings. The Morgan fingerprint density at radius 2 is 2.00 bits per heavy atom. The van der Waals surface area contributed by atoms with Crippen LogP contribution in [0, 0.1) is 5.92 Å². The van der Waals surface area contributed by atoms with Crippen LogP contribution >= 0.6 is 0 Å². The Hall–Kier alpha value is 0.0700. The summed E-state index contributed by atoms with van der Waals surface area (Å²) in [5.41, 5.74) is 0. The summed E-state index contributed by atoms with van der Waals surface area (Å²) >= 11 is -1.86. The summed E-state index contributed by atoms with van der Waals surface area (Å²) in [6.07, 6.45) is 0.923. The third kappa shape index (κ3) is 6.19. The smallest absolute Gasteiger partial charge is 0.231 e. The van der Waals surface area contributed by atoms with Gasteiger partial charge in [0.15, 0.2) is 0 Å². The summed E-state index contributed by atoms with van der Waals surface area (Å²) in [4.78, 5) is 0. The zero-order chi connectivity index (χ0) is 8.15. The lowest BCUT2D eigenvalue weighted by atomic mass is 10.1. The predicted octanol–water partition coefficient (Wildman–Crippen LogP) is 1.15. The van der Waals surface area contributed by atoms with Crippen molar-refractivity contribution in [2.75, 3.05) is 0 Å². The molecule has 2 N–H and O–H groups in total. The minimum absolute atomic E-state index is 0.117. The molecule has 0 saturated carbocycles. The lowest BCUT2D eigenvalue weighted by Crippen LogP contribution is -2.28. The fraction of sp³-hybridized carbons (Fsp3) is 1.00. The average Bonchev–Trinajstić information content (AvgIpc) is 1.58. The van der Waals surface area contributed by atoms with Crippen LogP contribution in [0.25, 0.3) is 0 Å². The summed E-state index contributed by atoms with van der Waals surface area (Å²) in [6.45, 7) is 6.06. The first kappa shape index (κ1) is 10.1. The maximum absolute atomic E-state index is 10.2. The van der Waals surface area contributed by atoms with Crippen LogP contribution in [0.3, 0.4) is 0 Å². The van der Waals surface area contributed by atoms with E-state index in [2.05, 4.69) is 18.6 Å². The summed E-state index contributed by atoms with van der Waals surface area (Å²) < 4.78 is 21.1. The quantitative estimate of drug-likeness (QED) is 0.614. The number of rotatable bonds is 4. The van der Waals surface area contributed by atoms with Gasteiger partial charge in [-0.05, 0) is 19.3 Å². The second kappa shape index (κ2) is 4.82. The van der Waals surface area contributed by atoms with Crippen LogP contribution in [0.5, 0.6) is 0 Å². The van der Waals surface area contributed by atoms with Gasteiger partial charge in [-0.3, -0.25) is 4.55 Å². The largest absolute Gasteiger partial charge is 0.294 e. The van der Waals surface area contributed by atoms with Gasteiger partial charge in [-0.15, -0.1) is 0 Å². The maximum Gasteiger partial charge on any atom is 0.231 e. The molecule has 0 radical (unpaired) electrons. The molecule has 0 aromatic carbocycles. The Morgan fingerprint density at radius 1 is 1.50 bits per heavy atom. The van der Waals surface area contributed by atoms with Gasteiger partial charge in [-0.1, -0.05) is 13.8 Å². The van der Waals surface area contributed by atoms with Crippen LogP contribution in [-0.4, -0.2) is 14.8 Å². The Bertz CT molecular complexity index is 116. The average molecular weight is 165 g/mol. The lowest BCUT2D eigenvalue weighted by Gasteiger charge is -2.12. The van der Waals surface area contributed by atoms with Gasteiger partial charge in [-0.25, -0.2) is 8.93 Å². The molecule has 0 aliphatic carbocycles. The minimum Gasteiger partial charge on any atom is -0.294 e. The second-order valence-corrected chi connectivity index (χ2v) is 3.63. The van der Waals surface area contributed by atoms with E-state index in [1.165, 1.54) is 0 Å². The Kier molecular flexibility index (Phi) is 4.85. The molecule has 0 amide bonds. The SMILES string of the molecule is CC(C)CC(C)NS(=O)O. The minimum atomic E-state index is -1.86. The van der Waals surface area contributed by atoms with E-state index in [9.17, 15) is 4.21 Å². The fourth-order valence-electron chi connectivity index (χ4n) is 0.927. The molecule has 0 bridgehead atoms. The van der Waals surface area contributed by atoms with Crippen molar-refractivity contribution in [2.24, 2.45) is 5.92 Å². The van der Waals surface area contributed by atoms with Gasteiger partial charge < -0.3 is 0 Å². The molecular weight excluding hydrogens is 150 g/mol. The third-order valence-corrected chi connectivity index (χ3v) is 1.73. The molecule has 0 heterocycles. The highest BCUT2D eigenvalue weighted by molar-refractivity contribution is 7.77. The highest BCUT2D eigenvalue weighted by Gasteiger charge is 2.05. The van der Waals surface area contributed by atoms with E-state index in [1.807, 2.05) is 6.92 Å². The summed E-state index contributed by atoms with van der Waals surface area (Å²) in [6, 6.07) is 0.117. The molecule has 0 aliphatic rings. The molecular formula is C6H15NO2S. The Labute approximate surface area is 64.6 Å². The Balaban J connectivity index is 3.43. The van der Waals surface area contributed by atoms with E-state index in [-0.39, 0.29) is 6.04 Å². The van der Waals surface area contributed by atoms with Crippen LogP contribution in [0.15, 0.2) is 0 Å². The molecule has 2 atom stereocenters. The second-order valence-electron chi connectivity index (χ2n) is 2.90. The monoisotopic (exact) mass is 165 g/mol. The molecule has 2 unspecified atom stereocenters. The molecule has 0 spiro atoms. The fourth-order valence-corrected chi connectivity index (χ4v) is 1.37. The molecule has 4 heteroatoms. The van der Waals surface area contributed by atoms with Crippen LogP contribution in [0.1, 0.15) is 27.2 Å².